The van der Waals surface area contributed by atoms with Gasteiger partial charge >= 0.3 is 0 Å². The van der Waals surface area contributed by atoms with E-state index in [1.807, 2.05) is 20.8 Å². The number of carbonyl (C=O) groups excluding carboxylic acids is 2. The third kappa shape index (κ3) is 3.53. The average Bonchev–Trinajstić information content (AvgIpc) is 2.39. The van der Waals surface area contributed by atoms with Crippen LogP contribution in [0, 0.1) is 0 Å². The molecule has 0 saturated carbocycles. The normalized spacial score (nSPS) is 16.3. The van der Waals surface area contributed by atoms with Crippen LogP contribution in [0.2, 0.25) is 5.15 Å². The van der Waals surface area contributed by atoms with Gasteiger partial charge < -0.3 is 9.80 Å². The minimum absolute atomic E-state index is 0.0502. The number of piperazine rings is 1. The van der Waals surface area contributed by atoms with Gasteiger partial charge in [-0.2, -0.15) is 0 Å². The Morgan fingerprint density at radius 3 is 2.52 bits per heavy atom. The molecular weight excluding hydrogens is 290 g/mol. The fourth-order valence-electron chi connectivity index (χ4n) is 2.12. The minimum atomic E-state index is -0.197. The summed E-state index contributed by atoms with van der Waals surface area (Å²) >= 11 is 6.03. The van der Waals surface area contributed by atoms with Gasteiger partial charge in [0.05, 0.1) is 0 Å². The highest BCUT2D eigenvalue weighted by molar-refractivity contribution is 6.29. The number of halogens is 1. The van der Waals surface area contributed by atoms with Gasteiger partial charge in [0.2, 0.25) is 5.91 Å². The van der Waals surface area contributed by atoms with Crippen molar-refractivity contribution in [2.75, 3.05) is 26.7 Å². The Morgan fingerprint density at radius 2 is 1.95 bits per heavy atom. The SMILES string of the molecule is CN1CCN(C(=O)c2cc(Cl)nc(C(C)(C)C)c2)CC1=O. The standard InChI is InChI=1S/C15H20ClN3O2/c1-15(2,3)11-7-10(8-12(16)17-11)14(21)19-6-5-18(4)13(20)9-19/h7-8H,5-6,9H2,1-4H3. The zero-order valence-electron chi connectivity index (χ0n) is 12.8. The largest absolute Gasteiger partial charge is 0.342 e. The number of carbonyl (C=O) groups is 2. The molecular formula is C15H20ClN3O2. The van der Waals surface area contributed by atoms with Crippen LogP contribution < -0.4 is 0 Å². The second kappa shape index (κ2) is 5.64. The predicted octanol–water partition coefficient (Wildman–Crippen LogP) is 1.95. The molecule has 0 spiro atoms. The maximum absolute atomic E-state index is 12.6. The summed E-state index contributed by atoms with van der Waals surface area (Å²) in [6.45, 7) is 7.24. The molecule has 1 aliphatic rings. The number of hydrogen-bond donors (Lipinski definition) is 0. The van der Waals surface area contributed by atoms with Gasteiger partial charge in [0.1, 0.15) is 11.7 Å². The average molecular weight is 310 g/mol. The first-order valence-electron chi connectivity index (χ1n) is 6.90. The van der Waals surface area contributed by atoms with Crippen LogP contribution in [0.4, 0.5) is 0 Å². The molecule has 2 amide bonds. The molecule has 1 aromatic rings. The van der Waals surface area contributed by atoms with Crippen molar-refractivity contribution in [1.82, 2.24) is 14.8 Å². The van der Waals surface area contributed by atoms with Crippen molar-refractivity contribution in [2.24, 2.45) is 0 Å². The molecule has 1 fully saturated rings. The number of aromatic nitrogens is 1. The lowest BCUT2D eigenvalue weighted by Gasteiger charge is -2.32. The van der Waals surface area contributed by atoms with Crippen LogP contribution in [0.1, 0.15) is 36.8 Å². The summed E-state index contributed by atoms with van der Waals surface area (Å²) in [5, 5.41) is 0.297. The Morgan fingerprint density at radius 1 is 1.29 bits per heavy atom. The van der Waals surface area contributed by atoms with Gasteiger partial charge in [0, 0.05) is 36.8 Å². The van der Waals surface area contributed by atoms with Crippen LogP contribution in [0.15, 0.2) is 12.1 Å². The molecule has 1 aliphatic heterocycles. The number of amides is 2. The Balaban J connectivity index is 2.27. The van der Waals surface area contributed by atoms with Gasteiger partial charge in [-0.3, -0.25) is 9.59 Å². The molecule has 1 aromatic heterocycles. The molecule has 21 heavy (non-hydrogen) atoms. The van der Waals surface area contributed by atoms with E-state index in [2.05, 4.69) is 4.98 Å². The fraction of sp³-hybridized carbons (Fsp3) is 0.533. The second-order valence-corrected chi connectivity index (χ2v) is 6.74. The van der Waals surface area contributed by atoms with Crippen LogP contribution in [-0.2, 0) is 10.2 Å². The molecule has 6 heteroatoms. The second-order valence-electron chi connectivity index (χ2n) is 6.36. The molecule has 0 radical (unpaired) electrons. The first-order valence-corrected chi connectivity index (χ1v) is 7.27. The molecule has 0 atom stereocenters. The smallest absolute Gasteiger partial charge is 0.254 e. The topological polar surface area (TPSA) is 53.5 Å². The predicted molar refractivity (Wildman–Crippen MR) is 81.5 cm³/mol. The maximum atomic E-state index is 12.6. The third-order valence-corrected chi connectivity index (χ3v) is 3.75. The summed E-state index contributed by atoms with van der Waals surface area (Å²) in [4.78, 5) is 31.7. The number of hydrogen-bond acceptors (Lipinski definition) is 3. The highest BCUT2D eigenvalue weighted by atomic mass is 35.5. The molecule has 0 unspecified atom stereocenters. The first kappa shape index (κ1) is 15.8. The molecule has 5 nitrogen and oxygen atoms in total. The molecule has 0 N–H and O–H groups in total. The fourth-order valence-corrected chi connectivity index (χ4v) is 2.33. The van der Waals surface area contributed by atoms with Gasteiger partial charge in [-0.05, 0) is 12.1 Å². The molecule has 2 rings (SSSR count). The van der Waals surface area contributed by atoms with Crippen LogP contribution in [-0.4, -0.2) is 53.3 Å². The molecule has 2 heterocycles. The molecule has 1 saturated heterocycles. The van der Waals surface area contributed by atoms with E-state index >= 15 is 0 Å². The van der Waals surface area contributed by atoms with E-state index in [-0.39, 0.29) is 23.8 Å². The van der Waals surface area contributed by atoms with Crippen molar-refractivity contribution in [3.05, 3.63) is 28.5 Å². The van der Waals surface area contributed by atoms with E-state index in [1.54, 1.807) is 29.0 Å². The first-order chi connectivity index (χ1) is 9.68. The van der Waals surface area contributed by atoms with E-state index in [1.165, 1.54) is 0 Å². The van der Waals surface area contributed by atoms with Crippen LogP contribution in [0.3, 0.4) is 0 Å². The summed E-state index contributed by atoms with van der Waals surface area (Å²) < 4.78 is 0. The number of rotatable bonds is 1. The Kier molecular flexibility index (Phi) is 4.23. The third-order valence-electron chi connectivity index (χ3n) is 3.55. The van der Waals surface area contributed by atoms with Crippen molar-refractivity contribution in [3.8, 4) is 0 Å². The van der Waals surface area contributed by atoms with Crippen LogP contribution >= 0.6 is 11.6 Å². The zero-order valence-corrected chi connectivity index (χ0v) is 13.6. The van der Waals surface area contributed by atoms with Gasteiger partial charge in [0.15, 0.2) is 0 Å². The van der Waals surface area contributed by atoms with Crippen molar-refractivity contribution in [2.45, 2.75) is 26.2 Å². The molecule has 0 bridgehead atoms. The van der Waals surface area contributed by atoms with E-state index in [9.17, 15) is 9.59 Å². The van der Waals surface area contributed by atoms with E-state index in [0.717, 1.165) is 5.69 Å². The minimum Gasteiger partial charge on any atom is -0.342 e. The lowest BCUT2D eigenvalue weighted by Crippen LogP contribution is -2.50. The van der Waals surface area contributed by atoms with Crippen molar-refractivity contribution < 1.29 is 9.59 Å². The van der Waals surface area contributed by atoms with E-state index in [4.69, 9.17) is 11.6 Å². The highest BCUT2D eigenvalue weighted by Gasteiger charge is 2.27. The lowest BCUT2D eigenvalue weighted by molar-refractivity contribution is -0.133. The summed E-state index contributed by atoms with van der Waals surface area (Å²) in [5.74, 6) is -0.225. The number of pyridine rings is 1. The zero-order chi connectivity index (χ0) is 15.8. The quantitative estimate of drug-likeness (QED) is 0.745. The Labute approximate surface area is 129 Å². The van der Waals surface area contributed by atoms with Crippen molar-refractivity contribution in [1.29, 1.82) is 0 Å². The van der Waals surface area contributed by atoms with Crippen molar-refractivity contribution >= 4 is 23.4 Å². The summed E-state index contributed by atoms with van der Waals surface area (Å²) in [5.41, 5.74) is 1.05. The molecule has 0 aromatic carbocycles. The maximum Gasteiger partial charge on any atom is 0.254 e. The van der Waals surface area contributed by atoms with Gasteiger partial charge in [-0.15, -0.1) is 0 Å². The lowest BCUT2D eigenvalue weighted by atomic mass is 9.90. The molecule has 0 aliphatic carbocycles. The van der Waals surface area contributed by atoms with Gasteiger partial charge in [-0.1, -0.05) is 32.4 Å². The Bertz CT molecular complexity index is 581. The molecule has 114 valence electrons. The van der Waals surface area contributed by atoms with Gasteiger partial charge in [-0.25, -0.2) is 4.98 Å². The monoisotopic (exact) mass is 309 g/mol. The van der Waals surface area contributed by atoms with E-state index < -0.39 is 0 Å². The van der Waals surface area contributed by atoms with Crippen LogP contribution in [0.25, 0.3) is 0 Å². The number of nitrogens with zero attached hydrogens (tertiary/aromatic N) is 3. The summed E-state index contributed by atoms with van der Waals surface area (Å²) in [7, 11) is 1.74. The van der Waals surface area contributed by atoms with Crippen molar-refractivity contribution in [3.63, 3.8) is 0 Å². The summed E-state index contributed by atoms with van der Waals surface area (Å²) in [6, 6.07) is 3.32. The highest BCUT2D eigenvalue weighted by Crippen LogP contribution is 2.24. The van der Waals surface area contributed by atoms with E-state index in [0.29, 0.717) is 23.8 Å². The summed E-state index contributed by atoms with van der Waals surface area (Å²) in [6.07, 6.45) is 0. The number of likely N-dealkylation sites (N-methyl/N-ethyl adjacent to an activating group) is 1. The Hall–Kier alpha value is -1.62. The van der Waals surface area contributed by atoms with Gasteiger partial charge in [0.25, 0.3) is 5.91 Å². The van der Waals surface area contributed by atoms with Crippen LogP contribution in [0.5, 0.6) is 0 Å².